The molecular weight excluding hydrogens is 318 g/mol. The summed E-state index contributed by atoms with van der Waals surface area (Å²) in [6.07, 6.45) is 4.07. The van der Waals surface area contributed by atoms with Crippen LogP contribution < -0.4 is 0 Å². The second-order valence-electron chi connectivity index (χ2n) is 6.66. The van der Waals surface area contributed by atoms with Crippen LogP contribution in [0.3, 0.4) is 0 Å². The third kappa shape index (κ3) is 4.70. The first-order valence-corrected chi connectivity index (χ1v) is 9.65. The summed E-state index contributed by atoms with van der Waals surface area (Å²) >= 11 is 0. The molecule has 0 aliphatic carbocycles. The van der Waals surface area contributed by atoms with Crippen LogP contribution >= 0.6 is 0 Å². The van der Waals surface area contributed by atoms with Crippen molar-refractivity contribution in [1.29, 1.82) is 0 Å². The van der Waals surface area contributed by atoms with E-state index in [1.807, 2.05) is 32.9 Å². The van der Waals surface area contributed by atoms with Gasteiger partial charge in [-0.2, -0.15) is 4.31 Å². The largest absolute Gasteiger partial charge is 0.244 e. The number of nitrogens with zero attached hydrogens (tertiary/aromatic N) is 1. The Hall–Kier alpha value is -1.61. The molecule has 1 aromatic rings. The number of hydrogen-bond donors (Lipinski definition) is 0. The highest BCUT2D eigenvalue weighted by molar-refractivity contribution is 7.89. The van der Waals surface area contributed by atoms with Gasteiger partial charge < -0.3 is 0 Å². The molecule has 3 nitrogen and oxygen atoms in total. The summed E-state index contributed by atoms with van der Waals surface area (Å²) < 4.78 is 28.3. The highest BCUT2D eigenvalue weighted by atomic mass is 32.2. The normalized spacial score (nSPS) is 13.0. The fourth-order valence-electron chi connectivity index (χ4n) is 3.12. The Bertz CT molecular complexity index is 718. The summed E-state index contributed by atoms with van der Waals surface area (Å²) in [5.74, 6) is 0.349. The van der Waals surface area contributed by atoms with Crippen molar-refractivity contribution < 1.29 is 8.42 Å². The van der Waals surface area contributed by atoms with Crippen LogP contribution in [0.2, 0.25) is 0 Å². The number of hydrogen-bond acceptors (Lipinski definition) is 2. The van der Waals surface area contributed by atoms with Crippen LogP contribution in [0.5, 0.6) is 0 Å². The van der Waals surface area contributed by atoms with E-state index in [4.69, 9.17) is 0 Å². The van der Waals surface area contributed by atoms with E-state index in [-0.39, 0.29) is 12.6 Å². The molecule has 0 aliphatic heterocycles. The lowest BCUT2D eigenvalue weighted by atomic mass is 10.0. The first-order chi connectivity index (χ1) is 11.1. The van der Waals surface area contributed by atoms with Gasteiger partial charge in [-0.15, -0.1) is 12.3 Å². The number of rotatable bonds is 8. The van der Waals surface area contributed by atoms with Gasteiger partial charge in [0.15, 0.2) is 0 Å². The Morgan fingerprint density at radius 3 is 2.17 bits per heavy atom. The van der Waals surface area contributed by atoms with E-state index in [9.17, 15) is 8.42 Å². The Balaban J connectivity index is 3.52. The number of aryl methyl sites for hydroxylation is 3. The molecule has 1 rings (SSSR count). The van der Waals surface area contributed by atoms with Crippen LogP contribution in [0.15, 0.2) is 48.1 Å². The Kier molecular flexibility index (Phi) is 7.22. The fraction of sp³-hybridized carbons (Fsp3) is 0.450. The minimum Gasteiger partial charge on any atom is -0.207 e. The summed E-state index contributed by atoms with van der Waals surface area (Å²) in [5, 5.41) is 0. The smallest absolute Gasteiger partial charge is 0.207 e. The van der Waals surface area contributed by atoms with Crippen molar-refractivity contribution in [3.8, 4) is 0 Å². The van der Waals surface area contributed by atoms with Crippen molar-refractivity contribution in [3.63, 3.8) is 0 Å². The molecule has 0 saturated heterocycles. The average molecular weight is 348 g/mol. The molecule has 1 unspecified atom stereocenters. The Labute approximate surface area is 147 Å². The van der Waals surface area contributed by atoms with E-state index in [2.05, 4.69) is 32.7 Å². The van der Waals surface area contributed by atoms with Gasteiger partial charge in [-0.3, -0.25) is 0 Å². The zero-order chi connectivity index (χ0) is 18.5. The van der Waals surface area contributed by atoms with E-state index < -0.39 is 10.0 Å². The fourth-order valence-corrected chi connectivity index (χ4v) is 5.09. The van der Waals surface area contributed by atoms with Crippen molar-refractivity contribution in [2.45, 2.75) is 52.0 Å². The Morgan fingerprint density at radius 1 is 1.21 bits per heavy atom. The summed E-state index contributed by atoms with van der Waals surface area (Å²) in [5.41, 5.74) is 5.36. The monoisotopic (exact) mass is 347 g/mol. The quantitative estimate of drug-likeness (QED) is 0.511. The van der Waals surface area contributed by atoms with Gasteiger partial charge in [0, 0.05) is 6.54 Å². The van der Waals surface area contributed by atoms with Gasteiger partial charge in [-0.1, -0.05) is 44.2 Å². The van der Waals surface area contributed by atoms with E-state index in [0.29, 0.717) is 17.2 Å². The molecule has 132 valence electrons. The molecule has 0 N–H and O–H groups in total. The maximum Gasteiger partial charge on any atom is 0.244 e. The Morgan fingerprint density at radius 2 is 1.75 bits per heavy atom. The maximum absolute atomic E-state index is 13.4. The van der Waals surface area contributed by atoms with E-state index >= 15 is 0 Å². The first-order valence-electron chi connectivity index (χ1n) is 8.21. The van der Waals surface area contributed by atoms with Crippen LogP contribution in [0.1, 0.15) is 37.0 Å². The molecule has 4 heteroatoms. The molecule has 0 fully saturated rings. The van der Waals surface area contributed by atoms with E-state index in [1.165, 1.54) is 4.31 Å². The second kappa shape index (κ2) is 8.48. The summed E-state index contributed by atoms with van der Waals surface area (Å²) in [6.45, 7) is 17.4. The average Bonchev–Trinajstić information content (AvgIpc) is 2.42. The van der Waals surface area contributed by atoms with Gasteiger partial charge in [0.2, 0.25) is 10.0 Å². The highest BCUT2D eigenvalue weighted by Gasteiger charge is 2.32. The van der Waals surface area contributed by atoms with Crippen molar-refractivity contribution in [1.82, 2.24) is 4.31 Å². The molecule has 0 aromatic heterocycles. The number of sulfonamides is 1. The number of benzene rings is 1. The van der Waals surface area contributed by atoms with Crippen LogP contribution in [0.25, 0.3) is 0 Å². The second-order valence-corrected chi connectivity index (χ2v) is 8.49. The summed E-state index contributed by atoms with van der Waals surface area (Å²) in [4.78, 5) is 0.390. The topological polar surface area (TPSA) is 37.4 Å². The van der Waals surface area contributed by atoms with Gasteiger partial charge >= 0.3 is 0 Å². The lowest BCUT2D eigenvalue weighted by Crippen LogP contribution is -2.40. The molecule has 0 spiro atoms. The van der Waals surface area contributed by atoms with Gasteiger partial charge in [0.05, 0.1) is 10.9 Å². The third-order valence-electron chi connectivity index (χ3n) is 3.87. The zero-order valence-corrected chi connectivity index (χ0v) is 16.3. The molecule has 0 heterocycles. The van der Waals surface area contributed by atoms with Gasteiger partial charge in [0.25, 0.3) is 0 Å². The minimum absolute atomic E-state index is 0.255. The van der Waals surface area contributed by atoms with Crippen molar-refractivity contribution in [3.05, 3.63) is 59.9 Å². The van der Waals surface area contributed by atoms with Crippen LogP contribution in [-0.4, -0.2) is 25.3 Å². The molecule has 0 radical (unpaired) electrons. The predicted molar refractivity (Wildman–Crippen MR) is 102 cm³/mol. The van der Waals surface area contributed by atoms with Crippen LogP contribution in [0, 0.1) is 26.7 Å². The molecular formula is C20H29NO2S. The van der Waals surface area contributed by atoms with Gasteiger partial charge in [-0.05, 0) is 50.3 Å². The molecule has 0 amide bonds. The summed E-state index contributed by atoms with van der Waals surface area (Å²) in [6, 6.07) is 3.53. The maximum atomic E-state index is 13.4. The first kappa shape index (κ1) is 20.4. The highest BCUT2D eigenvalue weighted by Crippen LogP contribution is 2.28. The predicted octanol–water partition coefficient (Wildman–Crippen LogP) is 4.54. The van der Waals surface area contributed by atoms with Crippen LogP contribution in [0.4, 0.5) is 0 Å². The zero-order valence-electron chi connectivity index (χ0n) is 15.5. The van der Waals surface area contributed by atoms with Gasteiger partial charge in [-0.25, -0.2) is 8.42 Å². The molecule has 0 aliphatic rings. The standard InChI is InChI=1S/C20H29NO2S/c1-8-10-19(12-15(3)4)21(11-9-2)24(22,23)20-17(6)13-16(5)14-18(20)7/h9-10,13-15,19H,1-2,11-12H2,3-7H3. The molecule has 1 atom stereocenters. The van der Waals surface area contributed by atoms with Gasteiger partial charge in [0.1, 0.15) is 0 Å². The van der Waals surface area contributed by atoms with Crippen molar-refractivity contribution >= 4 is 10.0 Å². The minimum atomic E-state index is -3.65. The SMILES string of the molecule is C=C=CC(CC(C)C)N(CC=C)S(=O)(=O)c1c(C)cc(C)cc1C. The molecule has 24 heavy (non-hydrogen) atoms. The van der Waals surface area contributed by atoms with Crippen LogP contribution in [-0.2, 0) is 10.0 Å². The van der Waals surface area contributed by atoms with Crippen molar-refractivity contribution in [2.75, 3.05) is 6.54 Å². The lowest BCUT2D eigenvalue weighted by Gasteiger charge is -2.30. The molecule has 0 saturated carbocycles. The lowest BCUT2D eigenvalue weighted by molar-refractivity contribution is 0.344. The van der Waals surface area contributed by atoms with E-state index in [1.54, 1.807) is 12.2 Å². The molecule has 0 bridgehead atoms. The van der Waals surface area contributed by atoms with E-state index in [0.717, 1.165) is 16.7 Å². The van der Waals surface area contributed by atoms with Crippen molar-refractivity contribution in [2.24, 2.45) is 5.92 Å². The third-order valence-corrected chi connectivity index (χ3v) is 6.07. The summed E-state index contributed by atoms with van der Waals surface area (Å²) in [7, 11) is -3.65. The molecule has 1 aromatic carbocycles.